The zero-order valence-corrected chi connectivity index (χ0v) is 13.0. The SMILES string of the molecule is CNC(=O)c1ccc(N)c(Oc2ccc(Br)cc2Cl)c1. The topological polar surface area (TPSA) is 64.4 Å². The fourth-order valence-corrected chi connectivity index (χ4v) is 2.30. The van der Waals surface area contributed by atoms with E-state index in [1.54, 1.807) is 43.4 Å². The third kappa shape index (κ3) is 3.23. The molecule has 0 aliphatic carbocycles. The van der Waals surface area contributed by atoms with Gasteiger partial charge in [-0.25, -0.2) is 0 Å². The number of ether oxygens (including phenoxy) is 1. The van der Waals surface area contributed by atoms with Gasteiger partial charge >= 0.3 is 0 Å². The van der Waals surface area contributed by atoms with E-state index >= 15 is 0 Å². The van der Waals surface area contributed by atoms with Gasteiger partial charge in [-0.15, -0.1) is 0 Å². The van der Waals surface area contributed by atoms with Gasteiger partial charge in [0.15, 0.2) is 5.75 Å². The zero-order valence-electron chi connectivity index (χ0n) is 10.6. The molecule has 0 spiro atoms. The molecule has 0 radical (unpaired) electrons. The molecule has 1 amide bonds. The van der Waals surface area contributed by atoms with Crippen LogP contribution in [-0.4, -0.2) is 13.0 Å². The van der Waals surface area contributed by atoms with Gasteiger partial charge < -0.3 is 15.8 Å². The number of nitrogens with two attached hydrogens (primary N) is 1. The Bertz CT molecular complexity index is 662. The van der Waals surface area contributed by atoms with Crippen molar-refractivity contribution in [2.45, 2.75) is 0 Å². The molecule has 2 rings (SSSR count). The monoisotopic (exact) mass is 354 g/mol. The molecule has 2 aromatic rings. The summed E-state index contributed by atoms with van der Waals surface area (Å²) in [5, 5.41) is 2.99. The van der Waals surface area contributed by atoms with E-state index in [2.05, 4.69) is 21.2 Å². The molecule has 0 bridgehead atoms. The van der Waals surface area contributed by atoms with E-state index in [1.807, 2.05) is 0 Å². The minimum absolute atomic E-state index is 0.211. The summed E-state index contributed by atoms with van der Waals surface area (Å²) < 4.78 is 6.52. The van der Waals surface area contributed by atoms with Crippen molar-refractivity contribution in [2.75, 3.05) is 12.8 Å². The van der Waals surface area contributed by atoms with Gasteiger partial charge in [-0.05, 0) is 36.4 Å². The van der Waals surface area contributed by atoms with E-state index < -0.39 is 0 Å². The second-order valence-corrected chi connectivity index (χ2v) is 5.33. The van der Waals surface area contributed by atoms with Crippen molar-refractivity contribution < 1.29 is 9.53 Å². The zero-order chi connectivity index (χ0) is 14.7. The number of rotatable bonds is 3. The number of halogens is 2. The number of nitrogens with one attached hydrogen (secondary N) is 1. The van der Waals surface area contributed by atoms with Crippen LogP contribution in [0.5, 0.6) is 11.5 Å². The number of anilines is 1. The van der Waals surface area contributed by atoms with Crippen LogP contribution >= 0.6 is 27.5 Å². The Kier molecular flexibility index (Phi) is 4.52. The van der Waals surface area contributed by atoms with Gasteiger partial charge in [-0.1, -0.05) is 27.5 Å². The first-order valence-electron chi connectivity index (χ1n) is 5.76. The number of nitrogen functional groups attached to an aromatic ring is 1. The third-order valence-electron chi connectivity index (χ3n) is 2.62. The van der Waals surface area contributed by atoms with Crippen molar-refractivity contribution in [3.05, 3.63) is 51.5 Å². The number of amides is 1. The minimum Gasteiger partial charge on any atom is -0.454 e. The molecule has 3 N–H and O–H groups in total. The summed E-state index contributed by atoms with van der Waals surface area (Å²) in [7, 11) is 1.56. The molecule has 0 aliphatic rings. The highest BCUT2D eigenvalue weighted by molar-refractivity contribution is 9.10. The Labute approximate surface area is 130 Å². The number of hydrogen-bond donors (Lipinski definition) is 2. The standard InChI is InChI=1S/C14H12BrClN2O2/c1-18-14(19)8-2-4-11(17)13(6-8)20-12-5-3-9(15)7-10(12)16/h2-7H,17H2,1H3,(H,18,19). The van der Waals surface area contributed by atoms with Crippen LogP contribution in [0.4, 0.5) is 5.69 Å². The van der Waals surface area contributed by atoms with E-state index in [-0.39, 0.29) is 5.91 Å². The molecule has 0 saturated heterocycles. The van der Waals surface area contributed by atoms with Crippen molar-refractivity contribution in [3.63, 3.8) is 0 Å². The summed E-state index contributed by atoms with van der Waals surface area (Å²) >= 11 is 9.40. The summed E-state index contributed by atoms with van der Waals surface area (Å²) in [6.07, 6.45) is 0. The van der Waals surface area contributed by atoms with Gasteiger partial charge in [0.25, 0.3) is 5.91 Å². The molecule has 104 valence electrons. The summed E-state index contributed by atoms with van der Waals surface area (Å²) in [6, 6.07) is 10.1. The molecule has 6 heteroatoms. The van der Waals surface area contributed by atoms with Crippen LogP contribution < -0.4 is 15.8 Å². The van der Waals surface area contributed by atoms with Crippen LogP contribution in [0, 0.1) is 0 Å². The van der Waals surface area contributed by atoms with Crippen molar-refractivity contribution in [1.29, 1.82) is 0 Å². The van der Waals surface area contributed by atoms with E-state index in [4.69, 9.17) is 22.1 Å². The molecule has 0 saturated carbocycles. The Balaban J connectivity index is 2.35. The van der Waals surface area contributed by atoms with Crippen LogP contribution in [0.25, 0.3) is 0 Å². The van der Waals surface area contributed by atoms with Crippen LogP contribution in [0.3, 0.4) is 0 Å². The lowest BCUT2D eigenvalue weighted by molar-refractivity contribution is 0.0963. The highest BCUT2D eigenvalue weighted by Crippen LogP contribution is 2.34. The molecule has 0 fully saturated rings. The molecule has 0 aliphatic heterocycles. The largest absolute Gasteiger partial charge is 0.454 e. The first-order valence-corrected chi connectivity index (χ1v) is 6.93. The van der Waals surface area contributed by atoms with E-state index in [0.29, 0.717) is 27.8 Å². The summed E-state index contributed by atoms with van der Waals surface area (Å²) in [5.74, 6) is 0.641. The lowest BCUT2D eigenvalue weighted by Crippen LogP contribution is -2.17. The predicted molar refractivity (Wildman–Crippen MR) is 83.5 cm³/mol. The van der Waals surface area contributed by atoms with Crippen LogP contribution in [0.2, 0.25) is 5.02 Å². The lowest BCUT2D eigenvalue weighted by atomic mass is 10.2. The Morgan fingerprint density at radius 3 is 2.65 bits per heavy atom. The van der Waals surface area contributed by atoms with E-state index in [9.17, 15) is 4.79 Å². The molecule has 0 heterocycles. The van der Waals surface area contributed by atoms with Crippen molar-refractivity contribution in [3.8, 4) is 11.5 Å². The van der Waals surface area contributed by atoms with Gasteiger partial charge in [-0.3, -0.25) is 4.79 Å². The Morgan fingerprint density at radius 1 is 1.25 bits per heavy atom. The number of hydrogen-bond acceptors (Lipinski definition) is 3. The van der Waals surface area contributed by atoms with Gasteiger partial charge in [0, 0.05) is 17.1 Å². The van der Waals surface area contributed by atoms with Crippen LogP contribution in [0.15, 0.2) is 40.9 Å². The minimum atomic E-state index is -0.211. The van der Waals surface area contributed by atoms with Gasteiger partial charge in [0.2, 0.25) is 0 Å². The molecule has 0 atom stereocenters. The molecular formula is C14H12BrClN2O2. The maximum Gasteiger partial charge on any atom is 0.251 e. The van der Waals surface area contributed by atoms with Gasteiger partial charge in [0.1, 0.15) is 5.75 Å². The molecule has 0 aromatic heterocycles. The predicted octanol–water partition coefficient (Wildman–Crippen LogP) is 3.84. The quantitative estimate of drug-likeness (QED) is 0.822. The molecular weight excluding hydrogens is 344 g/mol. The molecule has 20 heavy (non-hydrogen) atoms. The van der Waals surface area contributed by atoms with E-state index in [1.165, 1.54) is 0 Å². The maximum absolute atomic E-state index is 11.6. The summed E-state index contributed by atoms with van der Waals surface area (Å²) in [6.45, 7) is 0. The Hall–Kier alpha value is -1.72. The average molecular weight is 356 g/mol. The first-order chi connectivity index (χ1) is 9.51. The molecule has 2 aromatic carbocycles. The highest BCUT2D eigenvalue weighted by atomic mass is 79.9. The highest BCUT2D eigenvalue weighted by Gasteiger charge is 2.10. The number of carbonyl (C=O) groups excluding carboxylic acids is 1. The van der Waals surface area contributed by atoms with E-state index in [0.717, 1.165) is 4.47 Å². The first kappa shape index (κ1) is 14.7. The second kappa shape index (κ2) is 6.15. The third-order valence-corrected chi connectivity index (χ3v) is 3.41. The fraction of sp³-hybridized carbons (Fsp3) is 0.0714. The van der Waals surface area contributed by atoms with Crippen LogP contribution in [-0.2, 0) is 0 Å². The summed E-state index contributed by atoms with van der Waals surface area (Å²) in [5.41, 5.74) is 6.74. The maximum atomic E-state index is 11.6. The lowest BCUT2D eigenvalue weighted by Gasteiger charge is -2.11. The van der Waals surface area contributed by atoms with Crippen molar-refractivity contribution >= 4 is 39.1 Å². The molecule has 0 unspecified atom stereocenters. The van der Waals surface area contributed by atoms with Crippen molar-refractivity contribution in [1.82, 2.24) is 5.32 Å². The number of carbonyl (C=O) groups is 1. The summed E-state index contributed by atoms with van der Waals surface area (Å²) in [4.78, 5) is 11.6. The Morgan fingerprint density at radius 2 is 2.00 bits per heavy atom. The van der Waals surface area contributed by atoms with Crippen molar-refractivity contribution in [2.24, 2.45) is 0 Å². The smallest absolute Gasteiger partial charge is 0.251 e. The fourth-order valence-electron chi connectivity index (χ4n) is 1.58. The normalized spacial score (nSPS) is 10.2. The van der Waals surface area contributed by atoms with Crippen LogP contribution in [0.1, 0.15) is 10.4 Å². The average Bonchev–Trinajstić information content (AvgIpc) is 2.43. The molecule has 4 nitrogen and oxygen atoms in total. The van der Waals surface area contributed by atoms with Gasteiger partial charge in [0.05, 0.1) is 10.7 Å². The van der Waals surface area contributed by atoms with Gasteiger partial charge in [-0.2, -0.15) is 0 Å². The second-order valence-electron chi connectivity index (χ2n) is 4.01. The number of benzene rings is 2.